The fourth-order valence-electron chi connectivity index (χ4n) is 11.1. The van der Waals surface area contributed by atoms with E-state index in [4.69, 9.17) is 28.4 Å². The van der Waals surface area contributed by atoms with Gasteiger partial charge in [0.1, 0.15) is 29.6 Å². The maximum Gasteiger partial charge on any atom is 0.509 e. The van der Waals surface area contributed by atoms with Gasteiger partial charge in [0.05, 0.1) is 36.4 Å². The second-order valence-electron chi connectivity index (χ2n) is 18.7. The number of benzene rings is 3. The molecule has 2 bridgehead atoms. The first-order valence-corrected chi connectivity index (χ1v) is 22.4. The molecule has 0 spiro atoms. The Hall–Kier alpha value is -6.23. The predicted molar refractivity (Wildman–Crippen MR) is 237 cm³/mol. The molecule has 1 amide bonds. The highest BCUT2D eigenvalue weighted by atomic mass is 16.7. The number of carbonyl (C=O) groups excluding carboxylic acids is 7. The molecule has 3 aromatic carbocycles. The Morgan fingerprint density at radius 3 is 2.00 bits per heavy atom. The molecule has 1 saturated heterocycles. The number of carbonyl (C=O) groups is 7. The Labute approximate surface area is 388 Å². The minimum Gasteiger partial charge on any atom is -0.455 e. The van der Waals surface area contributed by atoms with E-state index in [9.17, 15) is 39.0 Å². The van der Waals surface area contributed by atoms with Gasteiger partial charge in [-0.25, -0.2) is 14.4 Å². The molecule has 1 heterocycles. The quantitative estimate of drug-likeness (QED) is 0.108. The van der Waals surface area contributed by atoms with Crippen LogP contribution in [0.25, 0.3) is 0 Å². The molecular formula is C51H57NO15. The molecule has 16 nitrogen and oxygen atoms in total. The Balaban J connectivity index is 1.42. The van der Waals surface area contributed by atoms with Crippen molar-refractivity contribution in [3.8, 4) is 0 Å². The molecule has 67 heavy (non-hydrogen) atoms. The number of hydrogen-bond donors (Lipinski definition) is 3. The molecule has 1 aliphatic heterocycles. The predicted octanol–water partition coefficient (Wildman–Crippen LogP) is 5.58. The van der Waals surface area contributed by atoms with E-state index in [0.29, 0.717) is 5.56 Å². The van der Waals surface area contributed by atoms with Crippen LogP contribution in [0.5, 0.6) is 0 Å². The third-order valence-corrected chi connectivity index (χ3v) is 14.4. The van der Waals surface area contributed by atoms with Gasteiger partial charge in [0.15, 0.2) is 11.9 Å². The van der Waals surface area contributed by atoms with Crippen LogP contribution in [0.15, 0.2) is 102 Å². The zero-order valence-electron chi connectivity index (χ0n) is 38.5. The fraction of sp³-hybridized carbons (Fsp3) is 0.471. The van der Waals surface area contributed by atoms with Crippen molar-refractivity contribution < 1.29 is 72.2 Å². The van der Waals surface area contributed by atoms with E-state index in [1.165, 1.54) is 39.8 Å². The van der Waals surface area contributed by atoms with Crippen LogP contribution in [0.4, 0.5) is 4.79 Å². The lowest BCUT2D eigenvalue weighted by atomic mass is 9.41. The van der Waals surface area contributed by atoms with Gasteiger partial charge in [0, 0.05) is 48.5 Å². The van der Waals surface area contributed by atoms with Gasteiger partial charge in [-0.3, -0.25) is 14.4 Å². The maximum atomic E-state index is 15.7. The molecule has 3 N–H and O–H groups in total. The molecule has 3 fully saturated rings. The molecule has 16 heteroatoms. The van der Waals surface area contributed by atoms with Crippen molar-refractivity contribution in [2.75, 3.05) is 13.2 Å². The van der Waals surface area contributed by atoms with Gasteiger partial charge < -0.3 is 48.7 Å². The van der Waals surface area contributed by atoms with Gasteiger partial charge in [-0.2, -0.15) is 0 Å². The highest BCUT2D eigenvalue weighted by Crippen LogP contribution is 2.67. The zero-order chi connectivity index (χ0) is 48.6. The van der Waals surface area contributed by atoms with Crippen molar-refractivity contribution in [2.45, 2.75) is 116 Å². The standard InChI is InChI=1S/C51H57NO15/c1-8-62-47(60)66-40(38(31-18-12-9-13-19-31)52-44(57)32-20-14-10-15-21-32)46(59)65-34-26-51(61)43(67-45(58)33-22-16-11-17-23-33)41-49(7,35(55)24-36-50(41,27-63-36)25-28(2)53)42(56)39(64-30(4)54)37(29(34)3)48(51,5)6/h9-23,34-36,38-41,43,55,61H,8,24-27H2,1-7H3,(H,52,57)/t34?,35-,36+,38-,39+,40+,41-,43-,49+,50+,51+/m0/s1. The van der Waals surface area contributed by atoms with Crippen LogP contribution in [0.1, 0.15) is 100 Å². The third kappa shape index (κ3) is 8.66. The number of hydrogen-bond acceptors (Lipinski definition) is 15. The van der Waals surface area contributed by atoms with Crippen LogP contribution in [0.3, 0.4) is 0 Å². The lowest BCUT2D eigenvalue weighted by Crippen LogP contribution is -2.78. The van der Waals surface area contributed by atoms with Crippen molar-refractivity contribution in [1.82, 2.24) is 5.32 Å². The van der Waals surface area contributed by atoms with Crippen molar-refractivity contribution >= 4 is 41.5 Å². The van der Waals surface area contributed by atoms with Crippen molar-refractivity contribution in [3.05, 3.63) is 119 Å². The summed E-state index contributed by atoms with van der Waals surface area (Å²) >= 11 is 0. The summed E-state index contributed by atoms with van der Waals surface area (Å²) in [4.78, 5) is 98.5. The van der Waals surface area contributed by atoms with Gasteiger partial charge in [-0.1, -0.05) is 80.6 Å². The molecular weight excluding hydrogens is 867 g/mol. The SMILES string of the molecule is CCOC(=O)O[C@@H](C(=O)OC1C[C@@]2(O)[C@@H](OC(=O)c3ccccc3)[C@@H]3[C@]4(CC(C)=O)CO[C@@H]4C[C@H](O)[C@@]3(C)C(=O)[C@H](OC(C)=O)C(=C1C)C2(C)C)[C@@H](NC(=O)c1ccccc1)c1ccccc1. The largest absolute Gasteiger partial charge is 0.509 e. The molecule has 1 unspecified atom stereocenters. The van der Waals surface area contributed by atoms with Gasteiger partial charge in [0.25, 0.3) is 5.91 Å². The number of amides is 1. The van der Waals surface area contributed by atoms with Crippen LogP contribution in [-0.2, 0) is 47.6 Å². The first-order valence-electron chi connectivity index (χ1n) is 22.4. The molecule has 0 radical (unpaired) electrons. The molecule has 7 rings (SSSR count). The van der Waals surface area contributed by atoms with E-state index >= 15 is 4.79 Å². The summed E-state index contributed by atoms with van der Waals surface area (Å²) in [5.41, 5.74) is -6.51. The number of Topliss-reactive ketones (excluding diaryl/α,β-unsaturated/α-hetero) is 2. The Kier molecular flexibility index (Phi) is 13.7. The van der Waals surface area contributed by atoms with E-state index in [1.54, 1.807) is 92.7 Å². The van der Waals surface area contributed by atoms with E-state index in [1.807, 2.05) is 0 Å². The molecule has 11 atom stereocenters. The molecule has 3 aromatic rings. The minimum absolute atomic E-state index is 0.000614. The number of esters is 3. The lowest BCUT2D eigenvalue weighted by Gasteiger charge is -2.68. The fourth-order valence-corrected chi connectivity index (χ4v) is 11.1. The highest BCUT2D eigenvalue weighted by molar-refractivity contribution is 5.96. The van der Waals surface area contributed by atoms with Crippen LogP contribution in [0, 0.1) is 22.2 Å². The Morgan fingerprint density at radius 1 is 0.851 bits per heavy atom. The van der Waals surface area contributed by atoms with Gasteiger partial charge in [-0.05, 0) is 68.7 Å². The lowest BCUT2D eigenvalue weighted by molar-refractivity contribution is -0.319. The number of nitrogens with one attached hydrogen (secondary N) is 1. The first-order chi connectivity index (χ1) is 31.7. The smallest absolute Gasteiger partial charge is 0.455 e. The number of ether oxygens (including phenoxy) is 6. The number of rotatable bonds is 13. The van der Waals surface area contributed by atoms with Gasteiger partial charge in [0.2, 0.25) is 6.10 Å². The van der Waals surface area contributed by atoms with Crippen molar-refractivity contribution in [1.29, 1.82) is 0 Å². The average molecular weight is 924 g/mol. The van der Waals surface area contributed by atoms with E-state index in [0.717, 1.165) is 6.92 Å². The summed E-state index contributed by atoms with van der Waals surface area (Å²) in [5.74, 6) is -6.12. The Bertz CT molecular complexity index is 2440. The second kappa shape index (κ2) is 18.8. The maximum absolute atomic E-state index is 15.7. The van der Waals surface area contributed by atoms with Gasteiger partial charge in [-0.15, -0.1) is 0 Å². The summed E-state index contributed by atoms with van der Waals surface area (Å²) in [5, 5.41) is 28.9. The Morgan fingerprint density at radius 2 is 1.45 bits per heavy atom. The van der Waals surface area contributed by atoms with Crippen LogP contribution < -0.4 is 5.32 Å². The number of fused-ring (bicyclic) bond motifs is 5. The normalized spacial score (nSPS) is 30.3. The third-order valence-electron chi connectivity index (χ3n) is 14.4. The number of ketones is 2. The molecule has 2 saturated carbocycles. The van der Waals surface area contributed by atoms with E-state index in [2.05, 4.69) is 5.32 Å². The number of aliphatic hydroxyl groups is 2. The van der Waals surface area contributed by atoms with Crippen LogP contribution >= 0.6 is 0 Å². The monoisotopic (exact) mass is 923 g/mol. The topological polar surface area (TPSA) is 227 Å². The van der Waals surface area contributed by atoms with Gasteiger partial charge >= 0.3 is 24.1 Å². The van der Waals surface area contributed by atoms with E-state index in [-0.39, 0.29) is 54.1 Å². The minimum atomic E-state index is -2.37. The van der Waals surface area contributed by atoms with Crippen molar-refractivity contribution in [3.63, 3.8) is 0 Å². The molecule has 0 aromatic heterocycles. The first kappa shape index (κ1) is 48.7. The summed E-state index contributed by atoms with van der Waals surface area (Å²) in [6.45, 7) is 9.91. The van der Waals surface area contributed by atoms with Crippen LogP contribution in [-0.4, -0.2) is 107 Å². The summed E-state index contributed by atoms with van der Waals surface area (Å²) in [7, 11) is 0. The molecule has 3 aliphatic carbocycles. The average Bonchev–Trinajstić information content (AvgIpc) is 3.29. The summed E-state index contributed by atoms with van der Waals surface area (Å²) < 4.78 is 35.6. The molecule has 4 aliphatic rings. The van der Waals surface area contributed by atoms with E-state index < -0.39 is 113 Å². The number of aliphatic hydroxyl groups excluding tert-OH is 1. The second-order valence-corrected chi connectivity index (χ2v) is 18.7. The zero-order valence-corrected chi connectivity index (χ0v) is 38.5. The van der Waals surface area contributed by atoms with Crippen molar-refractivity contribution in [2.24, 2.45) is 22.2 Å². The summed E-state index contributed by atoms with van der Waals surface area (Å²) in [6, 6.07) is 22.9. The summed E-state index contributed by atoms with van der Waals surface area (Å²) in [6.07, 6.45) is -11.5. The molecule has 356 valence electrons. The highest BCUT2D eigenvalue weighted by Gasteiger charge is 2.77. The van der Waals surface area contributed by atoms with Crippen LogP contribution in [0.2, 0.25) is 0 Å².